The van der Waals surface area contributed by atoms with Gasteiger partial charge in [0.05, 0.1) is 13.3 Å². The zero-order valence-corrected chi connectivity index (χ0v) is 22.3. The maximum Gasteiger partial charge on any atom is 0.446 e. The van der Waals surface area contributed by atoms with Crippen LogP contribution in [0, 0.1) is 0 Å². The number of hydrogen-bond donors (Lipinski definition) is 4. The van der Waals surface area contributed by atoms with E-state index < -0.39 is 12.5 Å². The second-order valence-electron chi connectivity index (χ2n) is 8.68. The van der Waals surface area contributed by atoms with Gasteiger partial charge in [0.15, 0.2) is 5.82 Å². The molecule has 6 bridgehead atoms. The molecule has 13 heteroatoms. The third-order valence-electron chi connectivity index (χ3n) is 5.71. The molecule has 5 rings (SSSR count). The van der Waals surface area contributed by atoms with Crippen LogP contribution in [0.4, 0.5) is 52.5 Å². The molecule has 0 unspecified atom stereocenters. The normalized spacial score (nSPS) is 11.9. The first-order chi connectivity index (χ1) is 19.6. The Bertz CT molecular complexity index is 1530. The Morgan fingerprint density at radius 1 is 1.00 bits per heavy atom. The van der Waals surface area contributed by atoms with Gasteiger partial charge in [0.2, 0.25) is 12.2 Å². The number of ether oxygens (including phenoxy) is 1. The molecule has 3 aromatic carbocycles. The average molecular weight is 585 g/mol. The molecule has 1 aliphatic rings. The number of amides is 2. The topological polar surface area (TPSA) is 117 Å². The third kappa shape index (κ3) is 8.57. The van der Waals surface area contributed by atoms with Crippen LogP contribution in [0.2, 0.25) is 5.02 Å². The first kappa shape index (κ1) is 29.2. The van der Waals surface area contributed by atoms with Crippen molar-refractivity contribution in [2.75, 3.05) is 28.4 Å². The summed E-state index contributed by atoms with van der Waals surface area (Å²) < 4.78 is 36.4. The lowest BCUT2D eigenvalue weighted by atomic mass is 10.0. The summed E-state index contributed by atoms with van der Waals surface area (Å²) in [5, 5.41) is 12.7. The van der Waals surface area contributed by atoms with Crippen LogP contribution < -0.4 is 26.0 Å². The number of urea groups is 1. The van der Waals surface area contributed by atoms with Gasteiger partial charge in [0.25, 0.3) is 0 Å². The van der Waals surface area contributed by atoms with Crippen LogP contribution in [0.5, 0.6) is 5.75 Å². The molecular formula is C28H24ClF3N6O3. The molecule has 0 atom stereocenters. The zero-order valence-electron chi connectivity index (χ0n) is 21.6. The van der Waals surface area contributed by atoms with Gasteiger partial charge in [0.1, 0.15) is 10.8 Å². The quantitative estimate of drug-likeness (QED) is 0.189. The van der Waals surface area contributed by atoms with Crippen LogP contribution in [0.25, 0.3) is 0 Å². The minimum absolute atomic E-state index is 0.329. The minimum atomic E-state index is -4.64. The van der Waals surface area contributed by atoms with E-state index in [2.05, 4.69) is 43.4 Å². The molecule has 0 aliphatic carbocycles. The second-order valence-corrected chi connectivity index (χ2v) is 9.09. The summed E-state index contributed by atoms with van der Waals surface area (Å²) in [5.41, 5.74) is 5.20. The third-order valence-corrected chi connectivity index (χ3v) is 5.98. The van der Waals surface area contributed by atoms with Crippen molar-refractivity contribution in [2.24, 2.45) is 0 Å². The van der Waals surface area contributed by atoms with Gasteiger partial charge in [-0.05, 0) is 78.6 Å². The number of fused-ring (bicyclic) bond motifs is 6. The number of rotatable bonds is 3. The highest BCUT2D eigenvalue weighted by Gasteiger charge is 2.25. The molecule has 0 radical (unpaired) electrons. The van der Waals surface area contributed by atoms with Crippen LogP contribution in [-0.2, 0) is 17.6 Å². The van der Waals surface area contributed by atoms with Crippen LogP contribution in [0.3, 0.4) is 0 Å². The van der Waals surface area contributed by atoms with Gasteiger partial charge in [-0.2, -0.15) is 18.2 Å². The van der Waals surface area contributed by atoms with E-state index in [1.807, 2.05) is 30.3 Å². The standard InChI is InChI=1S/C26H23ClN6O2.C2HF3O/c1-35-21-10-7-18(8-11-21)31-26(34)32-23-12-9-20-14-17(23)6-5-16-3-2-4-19(13-16)30-25-28-15-22(27)24(29-20)33-25;3-2(4,5)1-6/h2-4,7-15H,5-6H2,1H3,(H2,31,32,34)(H2,28,29,30,33);1H. The Labute approximate surface area is 238 Å². The van der Waals surface area contributed by atoms with Gasteiger partial charge >= 0.3 is 12.2 Å². The fraction of sp³-hybridized carbons (Fsp3) is 0.143. The number of nitrogens with zero attached hydrogens (tertiary/aromatic N) is 2. The summed E-state index contributed by atoms with van der Waals surface area (Å²) >= 11 is 6.34. The molecule has 1 aliphatic heterocycles. The lowest BCUT2D eigenvalue weighted by Crippen LogP contribution is -2.20. The first-order valence-corrected chi connectivity index (χ1v) is 12.5. The number of methoxy groups -OCH3 is 1. The van der Waals surface area contributed by atoms with Crippen LogP contribution in [-0.4, -0.2) is 35.6 Å². The number of aryl methyl sites for hydroxylation is 2. The molecule has 1 aromatic heterocycles. The van der Waals surface area contributed by atoms with Crippen molar-refractivity contribution in [3.05, 3.63) is 89.1 Å². The number of carbonyl (C=O) groups is 2. The Morgan fingerprint density at radius 3 is 2.44 bits per heavy atom. The highest BCUT2D eigenvalue weighted by atomic mass is 35.5. The summed E-state index contributed by atoms with van der Waals surface area (Å²) in [6.07, 6.45) is -2.64. The molecule has 41 heavy (non-hydrogen) atoms. The van der Waals surface area contributed by atoms with Gasteiger partial charge in [-0.3, -0.25) is 4.79 Å². The summed E-state index contributed by atoms with van der Waals surface area (Å²) in [7, 11) is 1.60. The van der Waals surface area contributed by atoms with Crippen LogP contribution in [0.15, 0.2) is 72.9 Å². The van der Waals surface area contributed by atoms with E-state index in [-0.39, 0.29) is 6.03 Å². The molecule has 2 amide bonds. The van der Waals surface area contributed by atoms with Crippen molar-refractivity contribution in [2.45, 2.75) is 19.0 Å². The molecule has 4 aromatic rings. The monoisotopic (exact) mass is 584 g/mol. The van der Waals surface area contributed by atoms with E-state index in [9.17, 15) is 18.0 Å². The second kappa shape index (κ2) is 13.0. The maximum atomic E-state index is 12.7. The van der Waals surface area contributed by atoms with E-state index in [1.165, 1.54) is 0 Å². The maximum absolute atomic E-state index is 12.7. The van der Waals surface area contributed by atoms with E-state index in [0.717, 1.165) is 40.4 Å². The Hall–Kier alpha value is -4.84. The number of nitrogens with one attached hydrogen (secondary N) is 4. The van der Waals surface area contributed by atoms with E-state index >= 15 is 0 Å². The molecule has 0 spiro atoms. The Kier molecular flexibility index (Phi) is 9.25. The van der Waals surface area contributed by atoms with Gasteiger partial charge in [-0.1, -0.05) is 23.7 Å². The number of aromatic nitrogens is 2. The molecule has 212 valence electrons. The summed E-state index contributed by atoms with van der Waals surface area (Å²) in [4.78, 5) is 30.2. The number of hydrogen-bond acceptors (Lipinski definition) is 7. The lowest BCUT2D eigenvalue weighted by Gasteiger charge is -2.15. The van der Waals surface area contributed by atoms with Crippen LogP contribution in [0.1, 0.15) is 11.1 Å². The average Bonchev–Trinajstić information content (AvgIpc) is 2.95. The number of halogens is 4. The minimum Gasteiger partial charge on any atom is -0.497 e. The first-order valence-electron chi connectivity index (χ1n) is 12.2. The fourth-order valence-corrected chi connectivity index (χ4v) is 3.96. The van der Waals surface area contributed by atoms with Gasteiger partial charge in [-0.25, -0.2) is 9.78 Å². The molecule has 9 nitrogen and oxygen atoms in total. The SMILES string of the molecule is COc1ccc(NC(=O)Nc2ccc3cc2CCc2cccc(c2)Nc2ncc(Cl)c(n2)N3)cc1.O=CC(F)(F)F. The van der Waals surface area contributed by atoms with Crippen molar-refractivity contribution in [3.63, 3.8) is 0 Å². The van der Waals surface area contributed by atoms with Crippen molar-refractivity contribution >= 4 is 58.4 Å². The van der Waals surface area contributed by atoms with Gasteiger partial charge in [-0.15, -0.1) is 0 Å². The van der Waals surface area contributed by atoms with Crippen molar-refractivity contribution < 1.29 is 27.5 Å². The number of anilines is 6. The van der Waals surface area contributed by atoms with Gasteiger partial charge < -0.3 is 26.0 Å². The number of carbonyl (C=O) groups excluding carboxylic acids is 2. The number of aldehydes is 1. The smallest absolute Gasteiger partial charge is 0.446 e. The molecule has 0 saturated carbocycles. The van der Waals surface area contributed by atoms with E-state index in [0.29, 0.717) is 28.9 Å². The largest absolute Gasteiger partial charge is 0.497 e. The van der Waals surface area contributed by atoms with Crippen molar-refractivity contribution in [1.82, 2.24) is 9.97 Å². The van der Waals surface area contributed by atoms with E-state index in [1.54, 1.807) is 37.6 Å². The molecular weight excluding hydrogens is 561 g/mol. The number of benzene rings is 3. The fourth-order valence-electron chi connectivity index (χ4n) is 3.82. The Balaban J connectivity index is 0.000000585. The highest BCUT2D eigenvalue weighted by molar-refractivity contribution is 6.32. The highest BCUT2D eigenvalue weighted by Crippen LogP contribution is 2.29. The predicted octanol–water partition coefficient (Wildman–Crippen LogP) is 7.12. The van der Waals surface area contributed by atoms with Crippen LogP contribution >= 0.6 is 11.6 Å². The molecule has 0 saturated heterocycles. The predicted molar refractivity (Wildman–Crippen MR) is 152 cm³/mol. The van der Waals surface area contributed by atoms with Gasteiger partial charge in [0, 0.05) is 22.7 Å². The van der Waals surface area contributed by atoms with E-state index in [4.69, 9.17) is 21.1 Å². The van der Waals surface area contributed by atoms with Crippen molar-refractivity contribution in [3.8, 4) is 5.75 Å². The number of alkyl halides is 3. The molecule has 2 heterocycles. The zero-order chi connectivity index (χ0) is 29.4. The summed E-state index contributed by atoms with van der Waals surface area (Å²) in [5.74, 6) is 1.66. The Morgan fingerprint density at radius 2 is 1.73 bits per heavy atom. The van der Waals surface area contributed by atoms with Crippen molar-refractivity contribution in [1.29, 1.82) is 0 Å². The molecule has 4 N–H and O–H groups in total. The lowest BCUT2D eigenvalue weighted by molar-refractivity contribution is -0.156. The summed E-state index contributed by atoms with van der Waals surface area (Å²) in [6.45, 7) is 0. The summed E-state index contributed by atoms with van der Waals surface area (Å²) in [6, 6.07) is 20.7. The molecule has 0 fully saturated rings.